The monoisotopic (exact) mass is 369 g/mol. The van der Waals surface area contributed by atoms with Crippen LogP contribution >= 0.6 is 0 Å². The summed E-state index contributed by atoms with van der Waals surface area (Å²) in [6.45, 7) is 1.81. The molecule has 0 aromatic heterocycles. The molecule has 1 N–H and O–H groups in total. The summed E-state index contributed by atoms with van der Waals surface area (Å²) in [5.74, 6) is -0.955. The maximum Gasteiger partial charge on any atom is 0.416 e. The molecule has 1 aromatic carbocycles. The molecule has 6 nitrogen and oxygen atoms in total. The van der Waals surface area contributed by atoms with Gasteiger partial charge in [0.05, 0.1) is 12.1 Å². The molecule has 3 amide bonds. The molecular formula is C17H18F3N3O3. The van der Waals surface area contributed by atoms with E-state index in [1.54, 1.807) is 0 Å². The zero-order valence-electron chi connectivity index (χ0n) is 14.0. The highest BCUT2D eigenvalue weighted by Gasteiger charge is 2.44. The number of fused-ring (bicyclic) bond motifs is 1. The van der Waals surface area contributed by atoms with E-state index in [1.165, 1.54) is 9.80 Å². The second-order valence-electron chi connectivity index (χ2n) is 6.36. The van der Waals surface area contributed by atoms with E-state index in [1.807, 2.05) is 6.92 Å². The number of amides is 3. The molecule has 2 saturated heterocycles. The normalized spacial score (nSPS) is 23.5. The second kappa shape index (κ2) is 6.62. The molecule has 0 saturated carbocycles. The number of benzene rings is 1. The van der Waals surface area contributed by atoms with E-state index in [2.05, 4.69) is 5.32 Å². The predicted molar refractivity (Wildman–Crippen MR) is 84.8 cm³/mol. The Kier molecular flexibility index (Phi) is 4.64. The molecule has 0 spiro atoms. The summed E-state index contributed by atoms with van der Waals surface area (Å²) in [5, 5.41) is 2.64. The van der Waals surface area contributed by atoms with Gasteiger partial charge in [-0.05, 0) is 30.7 Å². The summed E-state index contributed by atoms with van der Waals surface area (Å²) in [7, 11) is 0. The molecule has 3 rings (SSSR count). The van der Waals surface area contributed by atoms with Crippen molar-refractivity contribution in [3.63, 3.8) is 0 Å². The van der Waals surface area contributed by atoms with Gasteiger partial charge in [-0.15, -0.1) is 0 Å². The number of hydrogen-bond donors (Lipinski definition) is 1. The van der Waals surface area contributed by atoms with E-state index in [-0.39, 0.29) is 42.9 Å². The molecule has 2 unspecified atom stereocenters. The zero-order valence-corrected chi connectivity index (χ0v) is 14.0. The largest absolute Gasteiger partial charge is 0.416 e. The number of carbonyl (C=O) groups is 3. The summed E-state index contributed by atoms with van der Waals surface area (Å²) < 4.78 is 38.1. The SMILES string of the molecule is CCC1CC(=O)N2CC(=O)NCC2N1C(=O)c1ccc(C(F)(F)F)cc1. The van der Waals surface area contributed by atoms with Crippen LogP contribution in [-0.2, 0) is 15.8 Å². The Bertz CT molecular complexity index is 733. The minimum atomic E-state index is -4.48. The smallest absolute Gasteiger partial charge is 0.351 e. The fourth-order valence-electron chi connectivity index (χ4n) is 3.39. The quantitative estimate of drug-likeness (QED) is 0.861. The van der Waals surface area contributed by atoms with E-state index in [9.17, 15) is 27.6 Å². The van der Waals surface area contributed by atoms with Crippen molar-refractivity contribution in [2.45, 2.75) is 38.1 Å². The van der Waals surface area contributed by atoms with E-state index >= 15 is 0 Å². The van der Waals surface area contributed by atoms with Crippen molar-refractivity contribution in [1.82, 2.24) is 15.1 Å². The van der Waals surface area contributed by atoms with Crippen molar-refractivity contribution < 1.29 is 27.6 Å². The van der Waals surface area contributed by atoms with Crippen LogP contribution in [0.2, 0.25) is 0 Å². The average Bonchev–Trinajstić information content (AvgIpc) is 2.60. The number of carbonyl (C=O) groups excluding carboxylic acids is 3. The number of hydrogen-bond acceptors (Lipinski definition) is 3. The van der Waals surface area contributed by atoms with Gasteiger partial charge in [-0.3, -0.25) is 14.4 Å². The fraction of sp³-hybridized carbons (Fsp3) is 0.471. The Morgan fingerprint density at radius 2 is 1.88 bits per heavy atom. The van der Waals surface area contributed by atoms with E-state index in [0.29, 0.717) is 6.42 Å². The number of piperazine rings is 1. The fourth-order valence-corrected chi connectivity index (χ4v) is 3.39. The average molecular weight is 369 g/mol. The van der Waals surface area contributed by atoms with Crippen LogP contribution in [-0.4, -0.2) is 52.8 Å². The van der Waals surface area contributed by atoms with Gasteiger partial charge in [0.25, 0.3) is 5.91 Å². The maximum absolute atomic E-state index is 13.0. The van der Waals surface area contributed by atoms with Crippen LogP contribution in [0, 0.1) is 0 Å². The molecular weight excluding hydrogens is 351 g/mol. The van der Waals surface area contributed by atoms with E-state index in [0.717, 1.165) is 24.3 Å². The summed E-state index contributed by atoms with van der Waals surface area (Å²) in [6.07, 6.45) is -4.49. The number of alkyl halides is 3. The van der Waals surface area contributed by atoms with Crippen LogP contribution in [0.15, 0.2) is 24.3 Å². The lowest BCUT2D eigenvalue weighted by Gasteiger charge is -2.49. The van der Waals surface area contributed by atoms with Crippen LogP contribution in [0.5, 0.6) is 0 Å². The lowest BCUT2D eigenvalue weighted by atomic mass is 9.99. The summed E-state index contributed by atoms with van der Waals surface area (Å²) >= 11 is 0. The highest BCUT2D eigenvalue weighted by atomic mass is 19.4. The molecule has 2 aliphatic heterocycles. The number of rotatable bonds is 2. The van der Waals surface area contributed by atoms with Crippen LogP contribution in [0.4, 0.5) is 13.2 Å². The molecule has 9 heteroatoms. The van der Waals surface area contributed by atoms with Crippen molar-refractivity contribution in [2.75, 3.05) is 13.1 Å². The zero-order chi connectivity index (χ0) is 19.1. The lowest BCUT2D eigenvalue weighted by Crippen LogP contribution is -2.69. The van der Waals surface area contributed by atoms with Crippen LogP contribution < -0.4 is 5.32 Å². The Balaban J connectivity index is 1.90. The summed E-state index contributed by atoms with van der Waals surface area (Å²) in [5.41, 5.74) is -0.718. The molecule has 140 valence electrons. The van der Waals surface area contributed by atoms with Crippen molar-refractivity contribution in [2.24, 2.45) is 0 Å². The molecule has 2 fully saturated rings. The Morgan fingerprint density at radius 1 is 1.23 bits per heavy atom. The Hall–Kier alpha value is -2.58. The standard InChI is InChI=1S/C17H18F3N3O3/c1-2-12-7-15(25)22-9-13(24)21-8-14(22)23(12)16(26)10-3-5-11(6-4-10)17(18,19)20/h3-6,12,14H,2,7-9H2,1H3,(H,21,24). The second-order valence-corrected chi connectivity index (χ2v) is 6.36. The third-order valence-electron chi connectivity index (χ3n) is 4.77. The summed E-state index contributed by atoms with van der Waals surface area (Å²) in [4.78, 5) is 39.7. The van der Waals surface area contributed by atoms with E-state index in [4.69, 9.17) is 0 Å². The molecule has 1 aromatic rings. The highest BCUT2D eigenvalue weighted by Crippen LogP contribution is 2.30. The van der Waals surface area contributed by atoms with Crippen molar-refractivity contribution in [1.29, 1.82) is 0 Å². The van der Waals surface area contributed by atoms with Gasteiger partial charge in [-0.25, -0.2) is 0 Å². The topological polar surface area (TPSA) is 69.7 Å². The van der Waals surface area contributed by atoms with Crippen molar-refractivity contribution >= 4 is 17.7 Å². The first-order chi connectivity index (χ1) is 12.2. The van der Waals surface area contributed by atoms with Crippen LogP contribution in [0.25, 0.3) is 0 Å². The van der Waals surface area contributed by atoms with Gasteiger partial charge in [0.2, 0.25) is 11.8 Å². The van der Waals surface area contributed by atoms with Gasteiger partial charge in [0.1, 0.15) is 12.7 Å². The number of nitrogens with zero attached hydrogens (tertiary/aromatic N) is 2. The molecule has 2 heterocycles. The van der Waals surface area contributed by atoms with Gasteiger partial charge in [0, 0.05) is 18.0 Å². The molecule has 0 radical (unpaired) electrons. The third-order valence-corrected chi connectivity index (χ3v) is 4.77. The molecule has 26 heavy (non-hydrogen) atoms. The Labute approximate surface area is 147 Å². The molecule has 0 bridgehead atoms. The van der Waals surface area contributed by atoms with Crippen LogP contribution in [0.1, 0.15) is 35.7 Å². The number of nitrogens with one attached hydrogen (secondary N) is 1. The maximum atomic E-state index is 13.0. The minimum Gasteiger partial charge on any atom is -0.351 e. The molecule has 0 aliphatic carbocycles. The van der Waals surface area contributed by atoms with E-state index < -0.39 is 23.8 Å². The van der Waals surface area contributed by atoms with Gasteiger partial charge < -0.3 is 15.1 Å². The highest BCUT2D eigenvalue weighted by molar-refractivity contribution is 5.97. The Morgan fingerprint density at radius 3 is 2.46 bits per heavy atom. The number of halogens is 3. The molecule has 2 aliphatic rings. The first-order valence-electron chi connectivity index (χ1n) is 8.28. The minimum absolute atomic E-state index is 0.0899. The van der Waals surface area contributed by atoms with Gasteiger partial charge >= 0.3 is 6.18 Å². The van der Waals surface area contributed by atoms with Gasteiger partial charge in [0.15, 0.2) is 0 Å². The lowest BCUT2D eigenvalue weighted by molar-refractivity contribution is -0.153. The first kappa shape index (κ1) is 18.2. The van der Waals surface area contributed by atoms with Crippen molar-refractivity contribution in [3.8, 4) is 0 Å². The van der Waals surface area contributed by atoms with Crippen LogP contribution in [0.3, 0.4) is 0 Å². The summed E-state index contributed by atoms with van der Waals surface area (Å²) in [6, 6.07) is 3.64. The first-order valence-corrected chi connectivity index (χ1v) is 8.28. The van der Waals surface area contributed by atoms with Gasteiger partial charge in [-0.1, -0.05) is 6.92 Å². The third kappa shape index (κ3) is 3.25. The van der Waals surface area contributed by atoms with Crippen molar-refractivity contribution in [3.05, 3.63) is 35.4 Å². The predicted octanol–water partition coefficient (Wildman–Crippen LogP) is 1.61. The molecule has 2 atom stereocenters. The van der Waals surface area contributed by atoms with Gasteiger partial charge in [-0.2, -0.15) is 13.2 Å².